The summed E-state index contributed by atoms with van der Waals surface area (Å²) in [6.45, 7) is 7.32. The molecule has 0 aromatic heterocycles. The molecule has 0 spiro atoms. The standard InChI is InChI=1S/C12H23N3O/c1-2-13-6-3-12(16)14-11-9-15-7-4-10(11)5-8-15/h10-11,13H,2-9H2,1H3,(H,14,16). The topological polar surface area (TPSA) is 44.4 Å². The lowest BCUT2D eigenvalue weighted by Crippen LogP contribution is -2.57. The van der Waals surface area contributed by atoms with Crippen LogP contribution < -0.4 is 10.6 Å². The van der Waals surface area contributed by atoms with Crippen molar-refractivity contribution in [3.05, 3.63) is 0 Å². The molecule has 0 saturated carbocycles. The maximum Gasteiger partial charge on any atom is 0.221 e. The predicted octanol–water partition coefficient (Wildman–Crippen LogP) is 0.196. The smallest absolute Gasteiger partial charge is 0.221 e. The summed E-state index contributed by atoms with van der Waals surface area (Å²) in [4.78, 5) is 14.2. The molecular weight excluding hydrogens is 202 g/mol. The molecule has 1 unspecified atom stereocenters. The number of nitrogens with one attached hydrogen (secondary N) is 2. The molecule has 0 aliphatic carbocycles. The summed E-state index contributed by atoms with van der Waals surface area (Å²) in [7, 11) is 0. The summed E-state index contributed by atoms with van der Waals surface area (Å²) in [5.41, 5.74) is 0. The molecule has 1 atom stereocenters. The van der Waals surface area contributed by atoms with Crippen LogP contribution in [-0.2, 0) is 4.79 Å². The largest absolute Gasteiger partial charge is 0.352 e. The first-order valence-corrected chi connectivity index (χ1v) is 6.52. The Labute approximate surface area is 97.8 Å². The van der Waals surface area contributed by atoms with E-state index in [9.17, 15) is 4.79 Å². The van der Waals surface area contributed by atoms with E-state index >= 15 is 0 Å². The van der Waals surface area contributed by atoms with Gasteiger partial charge in [-0.15, -0.1) is 0 Å². The van der Waals surface area contributed by atoms with Gasteiger partial charge >= 0.3 is 0 Å². The SMILES string of the molecule is CCNCCC(=O)NC1CN2CCC1CC2. The Bertz CT molecular complexity index is 236. The van der Waals surface area contributed by atoms with Crippen LogP contribution in [0.4, 0.5) is 0 Å². The van der Waals surface area contributed by atoms with Crippen molar-refractivity contribution < 1.29 is 4.79 Å². The van der Waals surface area contributed by atoms with Gasteiger partial charge in [0.15, 0.2) is 0 Å². The van der Waals surface area contributed by atoms with Crippen LogP contribution >= 0.6 is 0 Å². The zero-order valence-electron chi connectivity index (χ0n) is 10.2. The zero-order valence-corrected chi connectivity index (χ0v) is 10.2. The number of amides is 1. The Hall–Kier alpha value is -0.610. The first-order chi connectivity index (χ1) is 7.79. The monoisotopic (exact) mass is 225 g/mol. The maximum atomic E-state index is 11.7. The highest BCUT2D eigenvalue weighted by molar-refractivity contribution is 5.76. The Morgan fingerprint density at radius 2 is 2.12 bits per heavy atom. The van der Waals surface area contributed by atoms with Gasteiger partial charge in [-0.2, -0.15) is 0 Å². The Morgan fingerprint density at radius 3 is 2.69 bits per heavy atom. The maximum absolute atomic E-state index is 11.7. The number of fused-ring (bicyclic) bond motifs is 3. The molecule has 3 aliphatic rings. The number of nitrogens with zero attached hydrogens (tertiary/aromatic N) is 1. The zero-order chi connectivity index (χ0) is 11.4. The van der Waals surface area contributed by atoms with Crippen molar-refractivity contribution in [2.24, 2.45) is 5.92 Å². The molecule has 3 aliphatic heterocycles. The molecule has 3 saturated heterocycles. The van der Waals surface area contributed by atoms with Gasteiger partial charge in [0.25, 0.3) is 0 Å². The Balaban J connectivity index is 1.70. The number of carbonyl (C=O) groups is 1. The highest BCUT2D eigenvalue weighted by Crippen LogP contribution is 2.27. The van der Waals surface area contributed by atoms with Crippen LogP contribution in [0, 0.1) is 5.92 Å². The average Bonchev–Trinajstić information content (AvgIpc) is 2.31. The van der Waals surface area contributed by atoms with Gasteiger partial charge in [-0.25, -0.2) is 0 Å². The van der Waals surface area contributed by atoms with Crippen molar-refractivity contribution in [2.75, 3.05) is 32.7 Å². The second-order valence-electron chi connectivity index (χ2n) is 4.92. The van der Waals surface area contributed by atoms with E-state index < -0.39 is 0 Å². The van der Waals surface area contributed by atoms with Crippen molar-refractivity contribution in [1.29, 1.82) is 0 Å². The van der Waals surface area contributed by atoms with Gasteiger partial charge in [-0.3, -0.25) is 4.79 Å². The first-order valence-electron chi connectivity index (χ1n) is 6.52. The molecule has 2 N–H and O–H groups in total. The van der Waals surface area contributed by atoms with E-state index in [1.807, 2.05) is 0 Å². The molecule has 16 heavy (non-hydrogen) atoms. The van der Waals surface area contributed by atoms with Crippen LogP contribution in [0.1, 0.15) is 26.2 Å². The van der Waals surface area contributed by atoms with E-state index in [1.54, 1.807) is 0 Å². The lowest BCUT2D eigenvalue weighted by atomic mass is 9.84. The lowest BCUT2D eigenvalue weighted by molar-refractivity contribution is -0.123. The fraction of sp³-hybridized carbons (Fsp3) is 0.917. The van der Waals surface area contributed by atoms with Crippen LogP contribution in [0.2, 0.25) is 0 Å². The third kappa shape index (κ3) is 2.95. The van der Waals surface area contributed by atoms with Crippen LogP contribution in [-0.4, -0.2) is 49.6 Å². The van der Waals surface area contributed by atoms with Crippen LogP contribution in [0.15, 0.2) is 0 Å². The molecule has 0 radical (unpaired) electrons. The quantitative estimate of drug-likeness (QED) is 0.657. The second-order valence-corrected chi connectivity index (χ2v) is 4.92. The molecule has 2 bridgehead atoms. The molecule has 0 aromatic rings. The number of rotatable bonds is 5. The lowest BCUT2D eigenvalue weighted by Gasteiger charge is -2.44. The molecule has 1 amide bonds. The third-order valence-electron chi connectivity index (χ3n) is 3.78. The second kappa shape index (κ2) is 5.64. The molecule has 0 aromatic carbocycles. The van der Waals surface area contributed by atoms with Gasteiger partial charge in [-0.1, -0.05) is 6.92 Å². The Kier molecular flexibility index (Phi) is 4.18. The summed E-state index contributed by atoms with van der Waals surface area (Å²) >= 11 is 0. The summed E-state index contributed by atoms with van der Waals surface area (Å²) in [5, 5.41) is 6.37. The number of piperidine rings is 3. The molecular formula is C12H23N3O. The van der Waals surface area contributed by atoms with Crippen LogP contribution in [0.5, 0.6) is 0 Å². The van der Waals surface area contributed by atoms with Gasteiger partial charge in [0.2, 0.25) is 5.91 Å². The minimum absolute atomic E-state index is 0.208. The van der Waals surface area contributed by atoms with E-state index in [-0.39, 0.29) is 5.91 Å². The van der Waals surface area contributed by atoms with Crippen molar-refractivity contribution in [3.63, 3.8) is 0 Å². The summed E-state index contributed by atoms with van der Waals surface area (Å²) in [5.74, 6) is 0.938. The van der Waals surface area contributed by atoms with Gasteiger partial charge in [-0.05, 0) is 38.4 Å². The number of hydrogen-bond donors (Lipinski definition) is 2. The Morgan fingerprint density at radius 1 is 1.38 bits per heavy atom. The molecule has 92 valence electrons. The molecule has 3 heterocycles. The van der Waals surface area contributed by atoms with Gasteiger partial charge in [0.05, 0.1) is 0 Å². The number of hydrogen-bond acceptors (Lipinski definition) is 3. The minimum Gasteiger partial charge on any atom is -0.352 e. The fourth-order valence-corrected chi connectivity index (χ4v) is 2.79. The minimum atomic E-state index is 0.208. The fourth-order valence-electron chi connectivity index (χ4n) is 2.79. The van der Waals surface area contributed by atoms with Crippen molar-refractivity contribution in [3.8, 4) is 0 Å². The van der Waals surface area contributed by atoms with Crippen molar-refractivity contribution in [1.82, 2.24) is 15.5 Å². The average molecular weight is 225 g/mol. The molecule has 4 nitrogen and oxygen atoms in total. The highest BCUT2D eigenvalue weighted by Gasteiger charge is 2.34. The summed E-state index contributed by atoms with van der Waals surface area (Å²) in [6.07, 6.45) is 3.13. The summed E-state index contributed by atoms with van der Waals surface area (Å²) < 4.78 is 0. The van der Waals surface area contributed by atoms with Gasteiger partial charge < -0.3 is 15.5 Å². The van der Waals surface area contributed by atoms with E-state index in [4.69, 9.17) is 0 Å². The van der Waals surface area contributed by atoms with Gasteiger partial charge in [0.1, 0.15) is 0 Å². The van der Waals surface area contributed by atoms with E-state index in [2.05, 4.69) is 22.5 Å². The predicted molar refractivity (Wildman–Crippen MR) is 64.3 cm³/mol. The summed E-state index contributed by atoms with van der Waals surface area (Å²) in [6, 6.07) is 0.414. The highest BCUT2D eigenvalue weighted by atomic mass is 16.1. The molecule has 4 heteroatoms. The van der Waals surface area contributed by atoms with Crippen molar-refractivity contribution >= 4 is 5.91 Å². The van der Waals surface area contributed by atoms with E-state index in [0.29, 0.717) is 12.5 Å². The van der Waals surface area contributed by atoms with Crippen LogP contribution in [0.25, 0.3) is 0 Å². The first kappa shape index (κ1) is 11.9. The van der Waals surface area contributed by atoms with Crippen molar-refractivity contribution in [2.45, 2.75) is 32.2 Å². The normalized spacial score (nSPS) is 32.7. The number of carbonyl (C=O) groups excluding carboxylic acids is 1. The van der Waals surface area contributed by atoms with Gasteiger partial charge in [0, 0.05) is 25.6 Å². The molecule has 3 rings (SSSR count). The third-order valence-corrected chi connectivity index (χ3v) is 3.78. The van der Waals surface area contributed by atoms with E-state index in [1.165, 1.54) is 25.9 Å². The van der Waals surface area contributed by atoms with Crippen LogP contribution in [0.3, 0.4) is 0 Å². The van der Waals surface area contributed by atoms with E-state index in [0.717, 1.165) is 25.6 Å². The molecule has 3 fully saturated rings.